The topological polar surface area (TPSA) is 119 Å². The average Bonchev–Trinajstić information content (AvgIpc) is 2.87. The predicted molar refractivity (Wildman–Crippen MR) is 101 cm³/mol. The van der Waals surface area contributed by atoms with Gasteiger partial charge in [0.1, 0.15) is 5.75 Å². The molecule has 3 amide bonds. The van der Waals surface area contributed by atoms with Gasteiger partial charge in [0, 0.05) is 0 Å². The molecule has 1 fully saturated rings. The third kappa shape index (κ3) is 3.46. The molecule has 1 aliphatic rings. The fraction of sp³-hybridized carbons (Fsp3) is 0.211. The first-order valence-electron chi connectivity index (χ1n) is 8.52. The average molecular weight is 453 g/mol. The summed E-state index contributed by atoms with van der Waals surface area (Å²) in [5.74, 6) is -1.31. The van der Waals surface area contributed by atoms with Gasteiger partial charge in [0.25, 0.3) is 5.91 Å². The lowest BCUT2D eigenvalue weighted by molar-refractivity contribution is -0.137. The number of aromatic hydroxyl groups is 1. The van der Waals surface area contributed by atoms with Crippen LogP contribution in [-0.2, 0) is 26.5 Å². The van der Waals surface area contributed by atoms with Crippen LogP contribution in [0.15, 0.2) is 42.5 Å². The number of sulfonamides is 1. The van der Waals surface area contributed by atoms with Gasteiger partial charge in [-0.15, -0.1) is 0 Å². The van der Waals surface area contributed by atoms with Crippen molar-refractivity contribution in [3.8, 4) is 11.8 Å². The van der Waals surface area contributed by atoms with Gasteiger partial charge in [0.05, 0.1) is 29.1 Å². The van der Waals surface area contributed by atoms with Crippen molar-refractivity contribution in [1.82, 2.24) is 4.31 Å². The number of phenolic OH excluding ortho intramolecular Hbond substituents is 1. The lowest BCUT2D eigenvalue weighted by Crippen LogP contribution is -2.47. The molecule has 1 N–H and O–H groups in total. The van der Waals surface area contributed by atoms with E-state index in [1.807, 2.05) is 0 Å². The molecule has 1 unspecified atom stereocenters. The van der Waals surface area contributed by atoms with Gasteiger partial charge in [-0.3, -0.25) is 4.79 Å². The maximum Gasteiger partial charge on any atom is 0.417 e. The van der Waals surface area contributed by atoms with E-state index in [4.69, 9.17) is 5.26 Å². The van der Waals surface area contributed by atoms with E-state index < -0.39 is 50.5 Å². The highest BCUT2D eigenvalue weighted by Gasteiger charge is 2.60. The zero-order valence-electron chi connectivity index (χ0n) is 16.0. The van der Waals surface area contributed by atoms with Gasteiger partial charge in [-0.1, -0.05) is 12.1 Å². The van der Waals surface area contributed by atoms with Gasteiger partial charge in [-0.2, -0.15) is 18.4 Å². The van der Waals surface area contributed by atoms with E-state index in [9.17, 15) is 36.3 Å². The quantitative estimate of drug-likeness (QED) is 0.714. The highest BCUT2D eigenvalue weighted by atomic mass is 32.2. The molecular weight excluding hydrogens is 439 g/mol. The number of nitrogens with zero attached hydrogens (tertiary/aromatic N) is 3. The Morgan fingerprint density at radius 3 is 2.16 bits per heavy atom. The van der Waals surface area contributed by atoms with E-state index in [2.05, 4.69) is 0 Å². The summed E-state index contributed by atoms with van der Waals surface area (Å²) < 4.78 is 65.1. The van der Waals surface area contributed by atoms with Gasteiger partial charge in [0.2, 0.25) is 10.0 Å². The highest BCUT2D eigenvalue weighted by Crippen LogP contribution is 2.43. The van der Waals surface area contributed by atoms with Crippen molar-refractivity contribution >= 4 is 27.6 Å². The number of halogens is 3. The maximum atomic E-state index is 13.3. The number of urea groups is 1. The minimum Gasteiger partial charge on any atom is -0.508 e. The summed E-state index contributed by atoms with van der Waals surface area (Å²) in [5, 5.41) is 18.4. The SMILES string of the molecule is CC1(c2ccc(O)cc2)C(=O)N(c2ccc(C#N)c(C(F)(F)F)c2)C(=O)N1S(C)(=O)=O. The van der Waals surface area contributed by atoms with Crippen LogP contribution < -0.4 is 4.90 Å². The standard InChI is InChI=1S/C19H14F3N3O5S/c1-18(12-4-7-14(26)8-5-12)16(27)24(17(28)25(18)31(2,29)30)13-6-3-11(10-23)15(9-13)19(20,21)22/h3-9,26H,1-2H3. The summed E-state index contributed by atoms with van der Waals surface area (Å²) in [6.07, 6.45) is -4.27. The highest BCUT2D eigenvalue weighted by molar-refractivity contribution is 7.89. The van der Waals surface area contributed by atoms with Gasteiger partial charge >= 0.3 is 12.2 Å². The van der Waals surface area contributed by atoms with Crippen molar-refractivity contribution in [2.45, 2.75) is 18.6 Å². The van der Waals surface area contributed by atoms with Gasteiger partial charge < -0.3 is 5.11 Å². The number of anilines is 1. The molecule has 162 valence electrons. The maximum absolute atomic E-state index is 13.3. The number of rotatable bonds is 3. The molecule has 3 rings (SSSR count). The number of alkyl halides is 3. The monoisotopic (exact) mass is 453 g/mol. The van der Waals surface area contributed by atoms with E-state index in [0.717, 1.165) is 19.1 Å². The van der Waals surface area contributed by atoms with Crippen molar-refractivity contribution in [3.05, 3.63) is 59.2 Å². The zero-order valence-corrected chi connectivity index (χ0v) is 16.8. The van der Waals surface area contributed by atoms with Crippen LogP contribution in [0.3, 0.4) is 0 Å². The molecule has 0 spiro atoms. The number of carbonyl (C=O) groups excluding carboxylic acids is 2. The Morgan fingerprint density at radius 2 is 1.68 bits per heavy atom. The largest absolute Gasteiger partial charge is 0.508 e. The summed E-state index contributed by atoms with van der Waals surface area (Å²) in [7, 11) is -4.36. The fourth-order valence-corrected chi connectivity index (χ4v) is 4.62. The second-order valence-electron chi connectivity index (χ2n) is 6.91. The first kappa shape index (κ1) is 22.1. The number of hydrogen-bond acceptors (Lipinski definition) is 6. The van der Waals surface area contributed by atoms with Crippen LogP contribution in [0.25, 0.3) is 0 Å². The molecule has 1 aliphatic heterocycles. The number of imide groups is 1. The molecule has 0 radical (unpaired) electrons. The molecule has 2 aromatic rings. The van der Waals surface area contributed by atoms with Gasteiger partial charge in [-0.05, 0) is 42.8 Å². The molecular formula is C19H14F3N3O5S. The first-order chi connectivity index (χ1) is 14.2. The van der Waals surface area contributed by atoms with Crippen LogP contribution in [0.1, 0.15) is 23.6 Å². The molecule has 0 aliphatic carbocycles. The summed E-state index contributed by atoms with van der Waals surface area (Å²) in [6, 6.07) is 6.99. The number of carbonyl (C=O) groups is 2. The molecule has 0 saturated carbocycles. The number of benzene rings is 2. The second kappa shape index (κ2) is 6.98. The minimum atomic E-state index is -4.95. The second-order valence-corrected chi connectivity index (χ2v) is 8.74. The Bertz CT molecular complexity index is 1240. The Hall–Kier alpha value is -3.59. The molecule has 0 aromatic heterocycles. The van der Waals surface area contributed by atoms with Crippen LogP contribution >= 0.6 is 0 Å². The van der Waals surface area contributed by atoms with Crippen LogP contribution in [0.4, 0.5) is 23.7 Å². The van der Waals surface area contributed by atoms with Crippen LogP contribution in [0.2, 0.25) is 0 Å². The minimum absolute atomic E-state index is 0.0151. The molecule has 8 nitrogen and oxygen atoms in total. The van der Waals surface area contributed by atoms with Crippen LogP contribution in [-0.4, -0.2) is 36.0 Å². The van der Waals surface area contributed by atoms with Gasteiger partial charge in [0.15, 0.2) is 5.54 Å². The molecule has 1 saturated heterocycles. The lowest BCUT2D eigenvalue weighted by atomic mass is 9.91. The normalized spacial score (nSPS) is 19.6. The predicted octanol–water partition coefficient (Wildman–Crippen LogP) is 2.93. The zero-order chi connectivity index (χ0) is 23.4. The number of nitriles is 1. The van der Waals surface area contributed by atoms with Gasteiger partial charge in [-0.25, -0.2) is 22.4 Å². The Kier molecular flexibility index (Phi) is 4.98. The van der Waals surface area contributed by atoms with E-state index in [0.29, 0.717) is 17.2 Å². The van der Waals surface area contributed by atoms with E-state index in [-0.39, 0.29) is 15.6 Å². The molecule has 1 heterocycles. The van der Waals surface area contributed by atoms with Crippen LogP contribution in [0.5, 0.6) is 5.75 Å². The number of hydrogen-bond donors (Lipinski definition) is 1. The summed E-state index contributed by atoms with van der Waals surface area (Å²) >= 11 is 0. The van der Waals surface area contributed by atoms with Crippen molar-refractivity contribution < 1.29 is 36.3 Å². The Balaban J connectivity index is 2.25. The third-order valence-electron chi connectivity index (χ3n) is 4.84. The van der Waals surface area contributed by atoms with E-state index in [1.54, 1.807) is 0 Å². The third-order valence-corrected chi connectivity index (χ3v) is 6.02. The fourth-order valence-electron chi connectivity index (χ4n) is 3.40. The summed E-state index contributed by atoms with van der Waals surface area (Å²) in [4.78, 5) is 26.6. The molecule has 12 heteroatoms. The van der Waals surface area contributed by atoms with Crippen molar-refractivity contribution in [2.75, 3.05) is 11.2 Å². The number of amides is 3. The number of phenols is 1. The van der Waals surface area contributed by atoms with E-state index >= 15 is 0 Å². The van der Waals surface area contributed by atoms with Crippen LogP contribution in [0, 0.1) is 11.3 Å². The van der Waals surface area contributed by atoms with Crippen molar-refractivity contribution in [3.63, 3.8) is 0 Å². The summed E-state index contributed by atoms with van der Waals surface area (Å²) in [6.45, 7) is 1.13. The van der Waals surface area contributed by atoms with E-state index in [1.165, 1.54) is 30.3 Å². The lowest BCUT2D eigenvalue weighted by Gasteiger charge is -2.30. The molecule has 0 bridgehead atoms. The molecule has 2 aromatic carbocycles. The van der Waals surface area contributed by atoms with Crippen molar-refractivity contribution in [1.29, 1.82) is 5.26 Å². The Morgan fingerprint density at radius 1 is 1.10 bits per heavy atom. The smallest absolute Gasteiger partial charge is 0.417 e. The summed E-state index contributed by atoms with van der Waals surface area (Å²) in [5.41, 5.74) is -4.75. The first-order valence-corrected chi connectivity index (χ1v) is 10.4. The molecule has 31 heavy (non-hydrogen) atoms. The van der Waals surface area contributed by atoms with Crippen molar-refractivity contribution in [2.24, 2.45) is 0 Å². The molecule has 1 atom stereocenters. The Labute approximate surface area is 174 Å².